The summed E-state index contributed by atoms with van der Waals surface area (Å²) in [6, 6.07) is 9.29. The van der Waals surface area contributed by atoms with Gasteiger partial charge in [0.15, 0.2) is 0 Å². The van der Waals surface area contributed by atoms with E-state index in [1.807, 2.05) is 26.0 Å². The van der Waals surface area contributed by atoms with Crippen LogP contribution in [0.15, 0.2) is 48.8 Å². The fraction of sp³-hybridized carbons (Fsp3) is 0.333. The molecule has 0 bridgehead atoms. The lowest BCUT2D eigenvalue weighted by atomic mass is 10.0. The van der Waals surface area contributed by atoms with Crippen LogP contribution in [0, 0.1) is 0 Å². The third kappa shape index (κ3) is 5.14. The van der Waals surface area contributed by atoms with Gasteiger partial charge in [-0.3, -0.25) is 4.98 Å². The number of alkyl halides is 2. The topological polar surface area (TPSA) is 54.5 Å². The van der Waals surface area contributed by atoms with Crippen molar-refractivity contribution in [3.8, 4) is 5.75 Å². The minimum Gasteiger partial charge on any atom is -0.435 e. The van der Waals surface area contributed by atoms with E-state index in [0.717, 1.165) is 12.0 Å². The summed E-state index contributed by atoms with van der Waals surface area (Å²) in [4.78, 5) is 18.4. The van der Waals surface area contributed by atoms with Crippen LogP contribution in [-0.4, -0.2) is 29.1 Å². The fourth-order valence-electron chi connectivity index (χ4n) is 2.67. The number of hydrogen-bond donors (Lipinski definition) is 1. The largest absolute Gasteiger partial charge is 0.435 e. The molecule has 2 amide bonds. The number of carbonyl (C=O) groups excluding carboxylic acids is 1. The van der Waals surface area contributed by atoms with Crippen LogP contribution in [-0.2, 0) is 0 Å². The van der Waals surface area contributed by atoms with E-state index in [1.54, 1.807) is 29.4 Å². The van der Waals surface area contributed by atoms with Gasteiger partial charge >= 0.3 is 12.6 Å². The molecule has 134 valence electrons. The van der Waals surface area contributed by atoms with Gasteiger partial charge in [0, 0.05) is 30.7 Å². The van der Waals surface area contributed by atoms with Crippen LogP contribution in [0.3, 0.4) is 0 Å². The Labute approximate surface area is 145 Å². The summed E-state index contributed by atoms with van der Waals surface area (Å²) < 4.78 is 29.0. The van der Waals surface area contributed by atoms with Crippen LogP contribution in [0.2, 0.25) is 0 Å². The Kier molecular flexibility index (Phi) is 6.68. The van der Waals surface area contributed by atoms with E-state index in [0.29, 0.717) is 12.2 Å². The van der Waals surface area contributed by atoms with Crippen LogP contribution in [0.1, 0.15) is 31.9 Å². The number of rotatable bonds is 7. The van der Waals surface area contributed by atoms with Gasteiger partial charge in [0.2, 0.25) is 0 Å². The first-order chi connectivity index (χ1) is 12.0. The number of aromatic nitrogens is 1. The van der Waals surface area contributed by atoms with Gasteiger partial charge in [0.05, 0.1) is 6.04 Å². The molecular weight excluding hydrogens is 328 g/mol. The highest BCUT2D eigenvalue weighted by molar-refractivity contribution is 5.89. The standard InChI is InChI=1S/C18H21F2N3O2/c1-3-16(13-8-10-21-11-9-13)23(4-2)18(24)22-14-6-5-7-15(12-14)25-17(19)20/h5-12,16-17H,3-4H2,1-2H3,(H,22,24). The number of urea groups is 1. The molecular formula is C18H21F2N3O2. The zero-order chi connectivity index (χ0) is 18.2. The Morgan fingerprint density at radius 1 is 1.24 bits per heavy atom. The zero-order valence-electron chi connectivity index (χ0n) is 14.2. The van der Waals surface area contributed by atoms with Gasteiger partial charge in [-0.2, -0.15) is 8.78 Å². The van der Waals surface area contributed by atoms with Crippen LogP contribution < -0.4 is 10.1 Å². The fourth-order valence-corrected chi connectivity index (χ4v) is 2.67. The Morgan fingerprint density at radius 2 is 1.96 bits per heavy atom. The predicted octanol–water partition coefficient (Wildman–Crippen LogP) is 4.69. The minimum atomic E-state index is -2.91. The smallest absolute Gasteiger partial charge is 0.387 e. The van der Waals surface area contributed by atoms with Gasteiger partial charge in [-0.05, 0) is 43.2 Å². The summed E-state index contributed by atoms with van der Waals surface area (Å²) in [5.41, 5.74) is 1.38. The van der Waals surface area contributed by atoms with Gasteiger partial charge in [0.1, 0.15) is 5.75 Å². The van der Waals surface area contributed by atoms with Gasteiger partial charge < -0.3 is 15.0 Å². The third-order valence-electron chi connectivity index (χ3n) is 3.77. The number of carbonyl (C=O) groups is 1. The quantitative estimate of drug-likeness (QED) is 0.789. The molecule has 0 spiro atoms. The Bertz CT molecular complexity index is 683. The number of nitrogens with one attached hydrogen (secondary N) is 1. The minimum absolute atomic E-state index is 0.00276. The van der Waals surface area contributed by atoms with Crippen LogP contribution in [0.5, 0.6) is 5.75 Å². The molecule has 1 N–H and O–H groups in total. The van der Waals surface area contributed by atoms with Crippen molar-refractivity contribution < 1.29 is 18.3 Å². The Morgan fingerprint density at radius 3 is 2.56 bits per heavy atom. The number of ether oxygens (including phenoxy) is 1. The molecule has 0 aliphatic carbocycles. The highest BCUT2D eigenvalue weighted by Crippen LogP contribution is 2.25. The molecule has 5 nitrogen and oxygen atoms in total. The van der Waals surface area contributed by atoms with Crippen LogP contribution in [0.25, 0.3) is 0 Å². The van der Waals surface area contributed by atoms with Crippen molar-refractivity contribution >= 4 is 11.7 Å². The first-order valence-corrected chi connectivity index (χ1v) is 8.07. The Balaban J connectivity index is 2.14. The molecule has 1 heterocycles. The van der Waals surface area contributed by atoms with E-state index in [1.165, 1.54) is 12.1 Å². The number of nitrogens with zero attached hydrogens (tertiary/aromatic N) is 2. The number of hydrogen-bond acceptors (Lipinski definition) is 3. The number of anilines is 1. The molecule has 0 radical (unpaired) electrons. The molecule has 0 aliphatic rings. The normalized spacial score (nSPS) is 11.9. The highest BCUT2D eigenvalue weighted by atomic mass is 19.3. The first-order valence-electron chi connectivity index (χ1n) is 8.07. The molecule has 0 saturated heterocycles. The van der Waals surface area contributed by atoms with Crippen molar-refractivity contribution in [3.05, 3.63) is 54.4 Å². The lowest BCUT2D eigenvalue weighted by Gasteiger charge is -2.30. The van der Waals surface area contributed by atoms with E-state index in [4.69, 9.17) is 0 Å². The second-order valence-electron chi connectivity index (χ2n) is 5.33. The molecule has 0 aliphatic heterocycles. The van der Waals surface area contributed by atoms with E-state index < -0.39 is 6.61 Å². The molecule has 0 fully saturated rings. The monoisotopic (exact) mass is 349 g/mol. The van der Waals surface area contributed by atoms with E-state index in [2.05, 4.69) is 15.0 Å². The number of amides is 2. The lowest BCUT2D eigenvalue weighted by Crippen LogP contribution is -2.37. The van der Waals surface area contributed by atoms with Crippen molar-refractivity contribution in [1.82, 2.24) is 9.88 Å². The van der Waals surface area contributed by atoms with E-state index >= 15 is 0 Å². The van der Waals surface area contributed by atoms with E-state index in [-0.39, 0.29) is 17.8 Å². The van der Waals surface area contributed by atoms with Gasteiger partial charge in [-0.25, -0.2) is 4.79 Å². The van der Waals surface area contributed by atoms with Crippen molar-refractivity contribution in [2.45, 2.75) is 32.9 Å². The molecule has 1 aromatic carbocycles. The van der Waals surface area contributed by atoms with Crippen molar-refractivity contribution in [1.29, 1.82) is 0 Å². The molecule has 1 unspecified atom stereocenters. The Hall–Kier alpha value is -2.70. The molecule has 0 saturated carbocycles. The summed E-state index contributed by atoms with van der Waals surface area (Å²) in [7, 11) is 0. The second-order valence-corrected chi connectivity index (χ2v) is 5.33. The van der Waals surface area contributed by atoms with Gasteiger partial charge in [-0.15, -0.1) is 0 Å². The molecule has 7 heteroatoms. The number of benzene rings is 1. The molecule has 25 heavy (non-hydrogen) atoms. The number of halogens is 2. The molecule has 2 rings (SSSR count). The summed E-state index contributed by atoms with van der Waals surface area (Å²) in [5.74, 6) is -0.00276. The molecule has 2 aromatic rings. The zero-order valence-corrected chi connectivity index (χ0v) is 14.2. The molecule has 1 atom stereocenters. The van der Waals surface area contributed by atoms with Crippen LogP contribution >= 0.6 is 0 Å². The number of pyridine rings is 1. The van der Waals surface area contributed by atoms with Crippen LogP contribution in [0.4, 0.5) is 19.3 Å². The average molecular weight is 349 g/mol. The summed E-state index contributed by atoms with van der Waals surface area (Å²) in [6.45, 7) is 1.48. The summed E-state index contributed by atoms with van der Waals surface area (Å²) in [6.07, 6.45) is 4.11. The maximum Gasteiger partial charge on any atom is 0.387 e. The summed E-state index contributed by atoms with van der Waals surface area (Å²) in [5, 5.41) is 2.74. The molecule has 1 aromatic heterocycles. The lowest BCUT2D eigenvalue weighted by molar-refractivity contribution is -0.0497. The third-order valence-corrected chi connectivity index (χ3v) is 3.77. The van der Waals surface area contributed by atoms with Crippen molar-refractivity contribution in [2.24, 2.45) is 0 Å². The maximum absolute atomic E-state index is 12.7. The van der Waals surface area contributed by atoms with Gasteiger partial charge in [0.25, 0.3) is 0 Å². The SMILES string of the molecule is CCC(c1ccncc1)N(CC)C(=O)Nc1cccc(OC(F)F)c1. The average Bonchev–Trinajstić information content (AvgIpc) is 2.59. The maximum atomic E-state index is 12.7. The highest BCUT2D eigenvalue weighted by Gasteiger charge is 2.22. The first kappa shape index (κ1) is 18.6. The van der Waals surface area contributed by atoms with Crippen molar-refractivity contribution in [3.63, 3.8) is 0 Å². The van der Waals surface area contributed by atoms with E-state index in [9.17, 15) is 13.6 Å². The van der Waals surface area contributed by atoms with Gasteiger partial charge in [-0.1, -0.05) is 13.0 Å². The predicted molar refractivity (Wildman–Crippen MR) is 91.7 cm³/mol. The second kappa shape index (κ2) is 8.96. The summed E-state index contributed by atoms with van der Waals surface area (Å²) >= 11 is 0. The van der Waals surface area contributed by atoms with Crippen molar-refractivity contribution in [2.75, 3.05) is 11.9 Å².